The van der Waals surface area contributed by atoms with Gasteiger partial charge in [-0.05, 0) is 36.9 Å². The average molecular weight is 246 g/mol. The first-order chi connectivity index (χ1) is 8.63. The average Bonchev–Trinajstić information content (AvgIpc) is 2.70. The Hall–Kier alpha value is -1.02. The van der Waals surface area contributed by atoms with Gasteiger partial charge >= 0.3 is 0 Å². The molecule has 100 valence electrons. The van der Waals surface area contributed by atoms with Crippen molar-refractivity contribution in [3.63, 3.8) is 0 Å². The van der Waals surface area contributed by atoms with Crippen molar-refractivity contribution in [2.75, 3.05) is 24.5 Å². The summed E-state index contributed by atoms with van der Waals surface area (Å²) in [6.07, 6.45) is 0. The van der Waals surface area contributed by atoms with Gasteiger partial charge in [0.05, 0.1) is 0 Å². The standard InChI is InChI=1S/C16H26N2/c1-5-17-14(4)15-8-6-7-9-16(15)18-10-12(2)13(3)11-18/h6-9,12-14,17H,5,10-11H2,1-4H3. The molecule has 1 aliphatic heterocycles. The first-order valence-corrected chi connectivity index (χ1v) is 7.20. The molecule has 1 fully saturated rings. The van der Waals surface area contributed by atoms with Gasteiger partial charge in [-0.1, -0.05) is 39.0 Å². The van der Waals surface area contributed by atoms with Crippen LogP contribution in [0.25, 0.3) is 0 Å². The summed E-state index contributed by atoms with van der Waals surface area (Å²) in [5.41, 5.74) is 2.85. The summed E-state index contributed by atoms with van der Waals surface area (Å²) in [7, 11) is 0. The zero-order valence-corrected chi connectivity index (χ0v) is 12.1. The molecule has 2 heteroatoms. The predicted molar refractivity (Wildman–Crippen MR) is 79.1 cm³/mol. The van der Waals surface area contributed by atoms with E-state index >= 15 is 0 Å². The van der Waals surface area contributed by atoms with E-state index < -0.39 is 0 Å². The minimum Gasteiger partial charge on any atom is -0.371 e. The van der Waals surface area contributed by atoms with Crippen LogP contribution >= 0.6 is 0 Å². The molecule has 0 amide bonds. The molecular weight excluding hydrogens is 220 g/mol. The molecule has 1 aliphatic rings. The number of nitrogens with zero attached hydrogens (tertiary/aromatic N) is 1. The van der Waals surface area contributed by atoms with Gasteiger partial charge in [0.1, 0.15) is 0 Å². The van der Waals surface area contributed by atoms with Crippen molar-refractivity contribution in [1.82, 2.24) is 5.32 Å². The van der Waals surface area contributed by atoms with Gasteiger partial charge in [0.15, 0.2) is 0 Å². The van der Waals surface area contributed by atoms with Gasteiger partial charge in [0.2, 0.25) is 0 Å². The Kier molecular flexibility index (Phi) is 4.28. The largest absolute Gasteiger partial charge is 0.371 e. The van der Waals surface area contributed by atoms with E-state index in [1.54, 1.807) is 0 Å². The lowest BCUT2D eigenvalue weighted by Crippen LogP contribution is -2.25. The highest BCUT2D eigenvalue weighted by Crippen LogP contribution is 2.32. The zero-order chi connectivity index (χ0) is 13.1. The number of hydrogen-bond acceptors (Lipinski definition) is 2. The van der Waals surface area contributed by atoms with Crippen LogP contribution in [-0.4, -0.2) is 19.6 Å². The maximum absolute atomic E-state index is 3.52. The van der Waals surface area contributed by atoms with Crippen molar-refractivity contribution in [2.45, 2.75) is 33.7 Å². The lowest BCUT2D eigenvalue weighted by molar-refractivity contribution is 0.494. The maximum atomic E-state index is 3.52. The van der Waals surface area contributed by atoms with Gasteiger partial charge in [0, 0.05) is 24.8 Å². The molecule has 3 atom stereocenters. The quantitative estimate of drug-likeness (QED) is 0.875. The highest BCUT2D eigenvalue weighted by atomic mass is 15.2. The third-order valence-electron chi connectivity index (χ3n) is 4.24. The molecule has 0 saturated carbocycles. The van der Waals surface area contributed by atoms with E-state index in [0.717, 1.165) is 18.4 Å². The first kappa shape index (κ1) is 13.4. The maximum Gasteiger partial charge on any atom is 0.0414 e. The van der Waals surface area contributed by atoms with Gasteiger partial charge in [-0.3, -0.25) is 0 Å². The fourth-order valence-corrected chi connectivity index (χ4v) is 2.88. The van der Waals surface area contributed by atoms with E-state index in [1.807, 2.05) is 0 Å². The second-order valence-electron chi connectivity index (χ2n) is 5.70. The molecule has 0 bridgehead atoms. The van der Waals surface area contributed by atoms with Crippen LogP contribution in [-0.2, 0) is 0 Å². The molecule has 1 N–H and O–H groups in total. The molecule has 1 heterocycles. The van der Waals surface area contributed by atoms with Crippen LogP contribution in [0.15, 0.2) is 24.3 Å². The second kappa shape index (κ2) is 5.75. The number of para-hydroxylation sites is 1. The van der Waals surface area contributed by atoms with Crippen molar-refractivity contribution >= 4 is 5.69 Å². The second-order valence-corrected chi connectivity index (χ2v) is 5.70. The van der Waals surface area contributed by atoms with Crippen LogP contribution < -0.4 is 10.2 Å². The van der Waals surface area contributed by atoms with Crippen LogP contribution in [0.2, 0.25) is 0 Å². The van der Waals surface area contributed by atoms with E-state index in [0.29, 0.717) is 6.04 Å². The summed E-state index contributed by atoms with van der Waals surface area (Å²) in [6.45, 7) is 12.5. The van der Waals surface area contributed by atoms with Crippen molar-refractivity contribution in [1.29, 1.82) is 0 Å². The van der Waals surface area contributed by atoms with E-state index in [9.17, 15) is 0 Å². The highest BCUT2D eigenvalue weighted by molar-refractivity contribution is 5.55. The van der Waals surface area contributed by atoms with Crippen LogP contribution in [0.4, 0.5) is 5.69 Å². The Balaban J connectivity index is 2.22. The summed E-state index contributed by atoms with van der Waals surface area (Å²) < 4.78 is 0. The van der Waals surface area contributed by atoms with Gasteiger partial charge < -0.3 is 10.2 Å². The zero-order valence-electron chi connectivity index (χ0n) is 12.1. The van der Waals surface area contributed by atoms with E-state index in [-0.39, 0.29) is 0 Å². The summed E-state index contributed by atoms with van der Waals surface area (Å²) >= 11 is 0. The molecule has 0 spiro atoms. The predicted octanol–water partition coefficient (Wildman–Crippen LogP) is 3.45. The Labute approximate surface area is 111 Å². The summed E-state index contributed by atoms with van der Waals surface area (Å²) in [4.78, 5) is 2.55. The molecule has 1 saturated heterocycles. The number of rotatable bonds is 4. The topological polar surface area (TPSA) is 15.3 Å². The Bertz CT molecular complexity index is 378. The monoisotopic (exact) mass is 246 g/mol. The molecule has 18 heavy (non-hydrogen) atoms. The Morgan fingerprint density at radius 2 is 1.83 bits per heavy atom. The minimum atomic E-state index is 0.428. The Morgan fingerprint density at radius 3 is 2.44 bits per heavy atom. The van der Waals surface area contributed by atoms with Crippen LogP contribution in [0.1, 0.15) is 39.3 Å². The molecule has 0 aliphatic carbocycles. The van der Waals surface area contributed by atoms with Crippen LogP contribution in [0.3, 0.4) is 0 Å². The number of anilines is 1. The molecule has 2 nitrogen and oxygen atoms in total. The van der Waals surface area contributed by atoms with Crippen molar-refractivity contribution in [3.05, 3.63) is 29.8 Å². The lowest BCUT2D eigenvalue weighted by Gasteiger charge is -2.25. The lowest BCUT2D eigenvalue weighted by atomic mass is 10.0. The van der Waals surface area contributed by atoms with Gasteiger partial charge in [-0.2, -0.15) is 0 Å². The molecule has 0 aromatic heterocycles. The number of nitrogens with one attached hydrogen (secondary N) is 1. The third-order valence-corrected chi connectivity index (χ3v) is 4.24. The van der Waals surface area contributed by atoms with Crippen LogP contribution in [0, 0.1) is 11.8 Å². The minimum absolute atomic E-state index is 0.428. The van der Waals surface area contributed by atoms with Crippen LogP contribution in [0.5, 0.6) is 0 Å². The van der Waals surface area contributed by atoms with E-state index in [4.69, 9.17) is 0 Å². The molecule has 1 aromatic carbocycles. The summed E-state index contributed by atoms with van der Waals surface area (Å²) in [5.74, 6) is 1.60. The third kappa shape index (κ3) is 2.69. The van der Waals surface area contributed by atoms with Crippen molar-refractivity contribution in [3.8, 4) is 0 Å². The molecule has 0 radical (unpaired) electrons. The highest BCUT2D eigenvalue weighted by Gasteiger charge is 2.27. The molecule has 2 rings (SSSR count). The summed E-state index contributed by atoms with van der Waals surface area (Å²) in [5, 5.41) is 3.52. The first-order valence-electron chi connectivity index (χ1n) is 7.20. The van der Waals surface area contributed by atoms with Gasteiger partial charge in [-0.15, -0.1) is 0 Å². The molecular formula is C16H26N2. The SMILES string of the molecule is CCNC(C)c1ccccc1N1CC(C)C(C)C1. The number of benzene rings is 1. The van der Waals surface area contributed by atoms with Crippen molar-refractivity contribution < 1.29 is 0 Å². The fraction of sp³-hybridized carbons (Fsp3) is 0.625. The molecule has 1 aromatic rings. The number of hydrogen-bond donors (Lipinski definition) is 1. The van der Waals surface area contributed by atoms with Gasteiger partial charge in [-0.25, -0.2) is 0 Å². The molecule has 3 unspecified atom stereocenters. The normalized spacial score (nSPS) is 25.4. The van der Waals surface area contributed by atoms with Gasteiger partial charge in [0.25, 0.3) is 0 Å². The summed E-state index contributed by atoms with van der Waals surface area (Å²) in [6, 6.07) is 9.27. The fourth-order valence-electron chi connectivity index (χ4n) is 2.88. The smallest absolute Gasteiger partial charge is 0.0414 e. The Morgan fingerprint density at radius 1 is 1.22 bits per heavy atom. The van der Waals surface area contributed by atoms with E-state index in [1.165, 1.54) is 24.3 Å². The van der Waals surface area contributed by atoms with E-state index in [2.05, 4.69) is 62.2 Å². The van der Waals surface area contributed by atoms with Crippen molar-refractivity contribution in [2.24, 2.45) is 11.8 Å².